The molecule has 0 spiro atoms. The number of rotatable bonds is 2. The molecule has 2 N–H and O–H groups in total. The van der Waals surface area contributed by atoms with E-state index in [2.05, 4.69) is 34.2 Å². The Morgan fingerprint density at radius 1 is 0.339 bits per heavy atom. The maximum Gasteiger partial charge on any atom is 0.161 e. The Morgan fingerprint density at radius 3 is 1.08 bits per heavy atom. The van der Waals surface area contributed by atoms with Gasteiger partial charge in [-0.15, -0.1) is 0 Å². The molecule has 0 saturated heterocycles. The predicted molar refractivity (Wildman–Crippen MR) is 237 cm³/mol. The molecule has 0 fully saturated rings. The van der Waals surface area contributed by atoms with Gasteiger partial charge in [-0.1, -0.05) is 12.1 Å². The van der Waals surface area contributed by atoms with Gasteiger partial charge < -0.3 is 57.3 Å². The molecule has 0 radical (unpaired) electrons. The highest BCUT2D eigenvalue weighted by atomic mass is 16.6. The number of fused-ring (bicyclic) bond motifs is 10. The fraction of sp³-hybridized carbons (Fsp3) is 0.333. The van der Waals surface area contributed by atoms with E-state index in [1.807, 2.05) is 72.8 Å². The third-order valence-electron chi connectivity index (χ3n) is 10.3. The first kappa shape index (κ1) is 41.4. The molecule has 14 heteroatoms. The van der Waals surface area contributed by atoms with Crippen molar-refractivity contribution in [3.63, 3.8) is 0 Å². The van der Waals surface area contributed by atoms with E-state index in [-0.39, 0.29) is 0 Å². The minimum Gasteiger partial charge on any atom is -0.487 e. The van der Waals surface area contributed by atoms with Crippen LogP contribution in [0.25, 0.3) is 68.6 Å². The number of nitrogens with zero attached hydrogens (tertiary/aromatic N) is 2. The van der Waals surface area contributed by atoms with Gasteiger partial charge in [0.05, 0.1) is 102 Å². The molecular formula is C48H50N4O10. The molecule has 0 aliphatic carbocycles. The highest BCUT2D eigenvalue weighted by molar-refractivity contribution is 5.93. The Bertz CT molecular complexity index is 2370. The molecule has 322 valence electrons. The molecule has 4 aliphatic rings. The van der Waals surface area contributed by atoms with Gasteiger partial charge in [-0.05, 0) is 96.1 Å². The zero-order chi connectivity index (χ0) is 41.8. The third kappa shape index (κ3) is 10.5. The summed E-state index contributed by atoms with van der Waals surface area (Å²) in [5, 5.41) is 0. The van der Waals surface area contributed by atoms with Crippen molar-refractivity contribution in [1.29, 1.82) is 0 Å². The number of hydrogen-bond acceptors (Lipinski definition) is 12. The molecule has 0 amide bonds. The number of nitrogens with one attached hydrogen (secondary N) is 2. The highest BCUT2D eigenvalue weighted by Crippen LogP contribution is 2.39. The quantitative estimate of drug-likeness (QED) is 0.176. The average molecular weight is 843 g/mol. The molecule has 0 saturated carbocycles. The van der Waals surface area contributed by atoms with Crippen molar-refractivity contribution >= 4 is 46.4 Å². The summed E-state index contributed by atoms with van der Waals surface area (Å²) >= 11 is 0. The van der Waals surface area contributed by atoms with Gasteiger partial charge in [0, 0.05) is 33.2 Å². The minimum absolute atomic E-state index is 0.351. The van der Waals surface area contributed by atoms with Gasteiger partial charge >= 0.3 is 0 Å². The first-order valence-electron chi connectivity index (χ1n) is 21.1. The van der Waals surface area contributed by atoms with Crippen molar-refractivity contribution in [1.82, 2.24) is 19.9 Å². The van der Waals surface area contributed by atoms with Crippen molar-refractivity contribution in [3.05, 3.63) is 95.6 Å². The molecule has 9 rings (SSSR count). The summed E-state index contributed by atoms with van der Waals surface area (Å²) in [7, 11) is 0. The third-order valence-corrected chi connectivity index (χ3v) is 10.3. The zero-order valence-electron chi connectivity index (χ0n) is 34.5. The van der Waals surface area contributed by atoms with Crippen LogP contribution in [0, 0.1) is 0 Å². The second kappa shape index (κ2) is 20.7. The van der Waals surface area contributed by atoms with Crippen LogP contribution in [0.5, 0.6) is 23.0 Å². The summed E-state index contributed by atoms with van der Waals surface area (Å²) in [5.74, 6) is 2.46. The van der Waals surface area contributed by atoms with Crippen LogP contribution in [0.1, 0.15) is 22.8 Å². The molecule has 8 bridgehead atoms. The van der Waals surface area contributed by atoms with Gasteiger partial charge in [0.15, 0.2) is 23.0 Å². The number of H-pyrrole nitrogens is 2. The molecule has 62 heavy (non-hydrogen) atoms. The van der Waals surface area contributed by atoms with E-state index in [0.29, 0.717) is 129 Å². The summed E-state index contributed by atoms with van der Waals surface area (Å²) in [4.78, 5) is 17.6. The van der Waals surface area contributed by atoms with Crippen molar-refractivity contribution in [2.24, 2.45) is 0 Å². The van der Waals surface area contributed by atoms with E-state index in [9.17, 15) is 0 Å². The second-order valence-corrected chi connectivity index (χ2v) is 14.6. The molecule has 14 nitrogen and oxygen atoms in total. The minimum atomic E-state index is 0.351. The topological polar surface area (TPSA) is 150 Å². The number of aromatic amines is 2. The van der Waals surface area contributed by atoms with Crippen LogP contribution in [0.3, 0.4) is 0 Å². The summed E-state index contributed by atoms with van der Waals surface area (Å²) in [5.41, 5.74) is 10.4. The lowest BCUT2D eigenvalue weighted by Crippen LogP contribution is -2.13. The van der Waals surface area contributed by atoms with Crippen LogP contribution in [0.2, 0.25) is 0 Å². The van der Waals surface area contributed by atoms with E-state index in [4.69, 9.17) is 57.3 Å². The first-order valence-corrected chi connectivity index (χ1v) is 21.1. The number of benzene rings is 2. The molecule has 5 aromatic rings. The fourth-order valence-electron chi connectivity index (χ4n) is 7.40. The largest absolute Gasteiger partial charge is 0.487 e. The van der Waals surface area contributed by atoms with Gasteiger partial charge in [0.25, 0.3) is 0 Å². The summed E-state index contributed by atoms with van der Waals surface area (Å²) in [6.45, 7) is 7.10. The highest BCUT2D eigenvalue weighted by Gasteiger charge is 2.18. The predicted octanol–water partition coefficient (Wildman–Crippen LogP) is 7.63. The van der Waals surface area contributed by atoms with E-state index in [0.717, 1.165) is 67.1 Å². The molecule has 3 aromatic heterocycles. The summed E-state index contributed by atoms with van der Waals surface area (Å²) in [6.07, 6.45) is 8.13. The average Bonchev–Trinajstić information content (AvgIpc) is 4.12. The molecule has 0 atom stereocenters. The number of hydrogen-bond donors (Lipinski definition) is 2. The zero-order valence-corrected chi connectivity index (χ0v) is 34.5. The number of ether oxygens (including phenoxy) is 10. The smallest absolute Gasteiger partial charge is 0.161 e. The van der Waals surface area contributed by atoms with Crippen molar-refractivity contribution < 1.29 is 47.4 Å². The maximum atomic E-state index is 6.27. The van der Waals surface area contributed by atoms with Gasteiger partial charge in [0.2, 0.25) is 0 Å². The van der Waals surface area contributed by atoms with Gasteiger partial charge in [-0.2, -0.15) is 0 Å². The maximum absolute atomic E-state index is 6.27. The summed E-state index contributed by atoms with van der Waals surface area (Å²) in [6, 6.07) is 24.3. The SMILES string of the molecule is C1=Cc2nc1cc1ccc([nH]1)c(-c1ccc3c(c1)OCCOCCOCCOCCO3)c1nc(cc3ccc([nH]3)c2-c2ccc3c(c2)OCCOCCOCCOCCO3)C=C1. The standard InChI is InChI=1S/C48H50N4O10/c1-11-43-45(61-27-23-57-19-15-53-13-17-55-21-25-59-43)29-33(1)47-39-7-3-35(49-39)31-37-5-9-41(51-37)48(42-10-6-38(52-42)32-36-4-8-40(47)50-36)34-2-12-44-46(30-34)62-28-24-58-20-16-54-14-18-56-22-26-60-44/h1-12,29-32,49,52H,13-28H2. The lowest BCUT2D eigenvalue weighted by Gasteiger charge is -2.15. The van der Waals surface area contributed by atoms with Crippen molar-refractivity contribution in [3.8, 4) is 45.3 Å². The molecule has 2 aromatic carbocycles. The van der Waals surface area contributed by atoms with Crippen LogP contribution < -0.4 is 18.9 Å². The lowest BCUT2D eigenvalue weighted by atomic mass is 10.0. The van der Waals surface area contributed by atoms with Gasteiger partial charge in [-0.3, -0.25) is 0 Å². The van der Waals surface area contributed by atoms with E-state index in [1.54, 1.807) is 0 Å². The van der Waals surface area contributed by atoms with Gasteiger partial charge in [0.1, 0.15) is 26.4 Å². The van der Waals surface area contributed by atoms with E-state index >= 15 is 0 Å². The van der Waals surface area contributed by atoms with Crippen LogP contribution in [-0.4, -0.2) is 126 Å². The van der Waals surface area contributed by atoms with Crippen LogP contribution in [0.4, 0.5) is 0 Å². The molecule has 4 aliphatic heterocycles. The molecule has 0 unspecified atom stereocenters. The van der Waals surface area contributed by atoms with Crippen LogP contribution in [0.15, 0.2) is 72.8 Å². The Balaban J connectivity index is 1.11. The monoisotopic (exact) mass is 842 g/mol. The fourth-order valence-corrected chi connectivity index (χ4v) is 7.40. The van der Waals surface area contributed by atoms with Crippen molar-refractivity contribution in [2.45, 2.75) is 0 Å². The second-order valence-electron chi connectivity index (χ2n) is 14.6. The normalized spacial score (nSPS) is 17.3. The van der Waals surface area contributed by atoms with Crippen LogP contribution in [-0.2, 0) is 28.4 Å². The molecule has 7 heterocycles. The Labute approximate surface area is 359 Å². The van der Waals surface area contributed by atoms with Gasteiger partial charge in [-0.25, -0.2) is 9.97 Å². The first-order chi connectivity index (χ1) is 30.7. The van der Waals surface area contributed by atoms with E-state index in [1.165, 1.54) is 0 Å². The Hall–Kier alpha value is -6.00. The summed E-state index contributed by atoms with van der Waals surface area (Å²) < 4.78 is 58.8. The lowest BCUT2D eigenvalue weighted by molar-refractivity contribution is 0.00708. The van der Waals surface area contributed by atoms with E-state index < -0.39 is 0 Å². The Kier molecular flexibility index (Phi) is 13.8. The van der Waals surface area contributed by atoms with Crippen LogP contribution >= 0.6 is 0 Å². The van der Waals surface area contributed by atoms with Crippen molar-refractivity contribution in [2.75, 3.05) is 106 Å². The molecular weight excluding hydrogens is 793 g/mol. The number of aromatic nitrogens is 4. The Morgan fingerprint density at radius 2 is 0.694 bits per heavy atom.